The first kappa shape index (κ1) is 12.1. The fourth-order valence-electron chi connectivity index (χ4n) is 2.15. The molecule has 0 bridgehead atoms. The Bertz CT molecular complexity index is 397. The van der Waals surface area contributed by atoms with Crippen LogP contribution in [-0.2, 0) is 0 Å². The number of hydrogen-bond acceptors (Lipinski definition) is 6. The molecule has 0 saturated carbocycles. The lowest BCUT2D eigenvalue weighted by Crippen LogP contribution is -2.43. The van der Waals surface area contributed by atoms with Gasteiger partial charge in [0.2, 0.25) is 0 Å². The molecular formula is C11H19N5O. The van der Waals surface area contributed by atoms with E-state index in [2.05, 4.69) is 27.2 Å². The Morgan fingerprint density at radius 3 is 2.94 bits per heavy atom. The zero-order valence-corrected chi connectivity index (χ0v) is 10.2. The van der Waals surface area contributed by atoms with E-state index in [0.717, 1.165) is 24.3 Å². The van der Waals surface area contributed by atoms with Crippen LogP contribution in [0.4, 0.5) is 11.6 Å². The van der Waals surface area contributed by atoms with Crippen LogP contribution >= 0.6 is 0 Å². The lowest BCUT2D eigenvalue weighted by molar-refractivity contribution is 0.102. The highest BCUT2D eigenvalue weighted by molar-refractivity contribution is 5.57. The Kier molecular flexibility index (Phi) is 3.44. The smallest absolute Gasteiger partial charge is 0.148 e. The zero-order chi connectivity index (χ0) is 12.4. The van der Waals surface area contributed by atoms with Gasteiger partial charge in [0.15, 0.2) is 0 Å². The quantitative estimate of drug-likeness (QED) is 0.506. The van der Waals surface area contributed by atoms with E-state index >= 15 is 0 Å². The Balaban J connectivity index is 2.23. The van der Waals surface area contributed by atoms with Crippen LogP contribution in [0.25, 0.3) is 0 Å². The van der Waals surface area contributed by atoms with Crippen molar-refractivity contribution in [2.45, 2.75) is 26.4 Å². The Morgan fingerprint density at radius 1 is 1.53 bits per heavy atom. The molecule has 2 heterocycles. The molecule has 17 heavy (non-hydrogen) atoms. The number of aromatic nitrogens is 2. The second kappa shape index (κ2) is 4.85. The maximum absolute atomic E-state index is 9.90. The molecule has 0 amide bonds. The largest absolute Gasteiger partial charge is 0.391 e. The normalized spacial score (nSPS) is 24.8. The number of hydrazine groups is 1. The summed E-state index contributed by atoms with van der Waals surface area (Å²) in [5, 5.41) is 9.90. The summed E-state index contributed by atoms with van der Waals surface area (Å²) in [7, 11) is 0. The van der Waals surface area contributed by atoms with Gasteiger partial charge >= 0.3 is 0 Å². The Hall–Kier alpha value is -1.40. The molecule has 1 saturated heterocycles. The van der Waals surface area contributed by atoms with Gasteiger partial charge in [0, 0.05) is 18.7 Å². The molecule has 1 aromatic heterocycles. The molecule has 0 radical (unpaired) electrons. The maximum Gasteiger partial charge on any atom is 0.148 e. The predicted octanol–water partition coefficient (Wildman–Crippen LogP) is 0.278. The van der Waals surface area contributed by atoms with Crippen molar-refractivity contribution < 1.29 is 5.11 Å². The Morgan fingerprint density at radius 2 is 2.29 bits per heavy atom. The minimum absolute atomic E-state index is 0.299. The molecule has 1 aliphatic rings. The fraction of sp³-hybridized carbons (Fsp3) is 0.636. The maximum atomic E-state index is 9.90. The third-order valence-corrected chi connectivity index (χ3v) is 3.41. The number of rotatable bonds is 2. The van der Waals surface area contributed by atoms with E-state index < -0.39 is 0 Å². The second-order valence-corrected chi connectivity index (χ2v) is 4.59. The number of hydrogen-bond donors (Lipinski definition) is 3. The van der Waals surface area contributed by atoms with E-state index in [9.17, 15) is 5.11 Å². The van der Waals surface area contributed by atoms with Crippen molar-refractivity contribution in [1.29, 1.82) is 0 Å². The van der Waals surface area contributed by atoms with Gasteiger partial charge in [-0.05, 0) is 19.3 Å². The number of aliphatic hydroxyl groups is 1. The van der Waals surface area contributed by atoms with Crippen molar-refractivity contribution in [3.05, 3.63) is 11.9 Å². The zero-order valence-electron chi connectivity index (χ0n) is 10.2. The van der Waals surface area contributed by atoms with E-state index in [0.29, 0.717) is 18.3 Å². The van der Waals surface area contributed by atoms with Gasteiger partial charge in [0.1, 0.15) is 18.0 Å². The number of nitrogen functional groups attached to an aromatic ring is 1. The number of nitrogens with two attached hydrogens (primary N) is 1. The summed E-state index contributed by atoms with van der Waals surface area (Å²) in [6, 6.07) is 0. The van der Waals surface area contributed by atoms with E-state index in [1.807, 2.05) is 6.92 Å². The summed E-state index contributed by atoms with van der Waals surface area (Å²) in [5.41, 5.74) is 3.47. The molecular weight excluding hydrogens is 218 g/mol. The number of anilines is 2. The summed E-state index contributed by atoms with van der Waals surface area (Å²) in [6.45, 7) is 5.51. The summed E-state index contributed by atoms with van der Waals surface area (Å²) in [6.07, 6.45) is 2.16. The molecule has 0 aromatic carbocycles. The average Bonchev–Trinajstić information content (AvgIpc) is 2.33. The van der Waals surface area contributed by atoms with Gasteiger partial charge in [0.25, 0.3) is 0 Å². The Labute approximate surface area is 101 Å². The van der Waals surface area contributed by atoms with Crippen molar-refractivity contribution in [2.24, 2.45) is 11.8 Å². The molecule has 4 N–H and O–H groups in total. The van der Waals surface area contributed by atoms with Gasteiger partial charge in [0.05, 0.1) is 6.10 Å². The minimum Gasteiger partial charge on any atom is -0.391 e. The molecule has 1 aromatic rings. The van der Waals surface area contributed by atoms with Gasteiger partial charge < -0.3 is 15.4 Å². The monoisotopic (exact) mass is 237 g/mol. The molecule has 6 heteroatoms. The number of nitrogens with one attached hydrogen (secondary N) is 1. The van der Waals surface area contributed by atoms with Crippen LogP contribution < -0.4 is 16.2 Å². The van der Waals surface area contributed by atoms with Crippen molar-refractivity contribution in [2.75, 3.05) is 23.4 Å². The van der Waals surface area contributed by atoms with Gasteiger partial charge in [-0.2, -0.15) is 0 Å². The minimum atomic E-state index is -0.299. The lowest BCUT2D eigenvalue weighted by atomic mass is 9.96. The van der Waals surface area contributed by atoms with Gasteiger partial charge in [-0.25, -0.2) is 15.8 Å². The van der Waals surface area contributed by atoms with Crippen LogP contribution in [0, 0.1) is 12.8 Å². The lowest BCUT2D eigenvalue weighted by Gasteiger charge is -2.35. The highest BCUT2D eigenvalue weighted by Crippen LogP contribution is 2.26. The molecule has 94 valence electrons. The topological polar surface area (TPSA) is 87.3 Å². The number of piperidine rings is 1. The van der Waals surface area contributed by atoms with Crippen LogP contribution in [0.1, 0.15) is 18.9 Å². The highest BCUT2D eigenvalue weighted by Gasteiger charge is 2.26. The first-order valence-corrected chi connectivity index (χ1v) is 5.84. The average molecular weight is 237 g/mol. The molecule has 2 unspecified atom stereocenters. The van der Waals surface area contributed by atoms with Crippen LogP contribution in [0.2, 0.25) is 0 Å². The van der Waals surface area contributed by atoms with Gasteiger partial charge in [-0.1, -0.05) is 6.92 Å². The second-order valence-electron chi connectivity index (χ2n) is 4.59. The van der Waals surface area contributed by atoms with Crippen LogP contribution in [-0.4, -0.2) is 34.3 Å². The molecule has 1 fully saturated rings. The van der Waals surface area contributed by atoms with Gasteiger partial charge in [-0.3, -0.25) is 0 Å². The van der Waals surface area contributed by atoms with Crippen molar-refractivity contribution in [3.63, 3.8) is 0 Å². The highest BCUT2D eigenvalue weighted by atomic mass is 16.3. The summed E-state index contributed by atoms with van der Waals surface area (Å²) < 4.78 is 0. The molecule has 0 aliphatic carbocycles. The SMILES string of the molecule is Cc1c(NN)ncnc1N1CCC(C)C(O)C1. The number of β-amino-alcohol motifs (C(OH)–C–C–N with tert-alkyl or cyclic N) is 1. The molecule has 2 rings (SSSR count). The van der Waals surface area contributed by atoms with Crippen LogP contribution in [0.5, 0.6) is 0 Å². The van der Waals surface area contributed by atoms with E-state index in [-0.39, 0.29) is 6.10 Å². The summed E-state index contributed by atoms with van der Waals surface area (Å²) in [4.78, 5) is 10.4. The predicted molar refractivity (Wildman–Crippen MR) is 66.6 cm³/mol. The molecule has 2 atom stereocenters. The number of aliphatic hydroxyl groups excluding tert-OH is 1. The third kappa shape index (κ3) is 2.32. The number of nitrogens with zero attached hydrogens (tertiary/aromatic N) is 3. The third-order valence-electron chi connectivity index (χ3n) is 3.41. The standard InChI is InChI=1S/C11H19N5O/c1-7-3-4-16(5-9(7)17)11-8(2)10(15-12)13-6-14-11/h6-7,9,17H,3-5,12H2,1-2H3,(H,13,14,15). The fourth-order valence-corrected chi connectivity index (χ4v) is 2.15. The first-order valence-electron chi connectivity index (χ1n) is 5.84. The molecule has 0 spiro atoms. The molecule has 1 aliphatic heterocycles. The van der Waals surface area contributed by atoms with Crippen molar-refractivity contribution in [1.82, 2.24) is 9.97 Å². The van der Waals surface area contributed by atoms with Crippen LogP contribution in [0.3, 0.4) is 0 Å². The van der Waals surface area contributed by atoms with E-state index in [1.54, 1.807) is 0 Å². The van der Waals surface area contributed by atoms with Crippen LogP contribution in [0.15, 0.2) is 6.33 Å². The summed E-state index contributed by atoms with van der Waals surface area (Å²) in [5.74, 6) is 7.21. The first-order chi connectivity index (χ1) is 8.13. The van der Waals surface area contributed by atoms with E-state index in [1.165, 1.54) is 6.33 Å². The van der Waals surface area contributed by atoms with E-state index in [4.69, 9.17) is 5.84 Å². The van der Waals surface area contributed by atoms with Crippen molar-refractivity contribution >= 4 is 11.6 Å². The van der Waals surface area contributed by atoms with Gasteiger partial charge in [-0.15, -0.1) is 0 Å². The molecule has 6 nitrogen and oxygen atoms in total. The van der Waals surface area contributed by atoms with Crippen molar-refractivity contribution in [3.8, 4) is 0 Å². The summed E-state index contributed by atoms with van der Waals surface area (Å²) >= 11 is 0.